The molecule has 0 amide bonds. The summed E-state index contributed by atoms with van der Waals surface area (Å²) in [5, 5.41) is 3.50. The highest BCUT2D eigenvalue weighted by Gasteiger charge is 2.18. The van der Waals surface area contributed by atoms with Crippen LogP contribution in [0.15, 0.2) is 53.4 Å². The normalized spacial score (nSPS) is 11.3. The molecule has 0 radical (unpaired) electrons. The number of nitrogens with one attached hydrogen (secondary N) is 2. The van der Waals surface area contributed by atoms with Crippen LogP contribution in [0, 0.1) is 0 Å². The summed E-state index contributed by atoms with van der Waals surface area (Å²) in [5.74, 6) is 0. The SMILES string of the molecule is CCNCc1ccccc1S(=O)(=O)Nc1ccccc1Cl. The van der Waals surface area contributed by atoms with E-state index in [4.69, 9.17) is 11.6 Å². The number of anilines is 1. The Morgan fingerprint density at radius 3 is 2.43 bits per heavy atom. The molecule has 21 heavy (non-hydrogen) atoms. The third kappa shape index (κ3) is 3.97. The fourth-order valence-corrected chi connectivity index (χ4v) is 3.47. The van der Waals surface area contributed by atoms with Gasteiger partial charge in [0.2, 0.25) is 0 Å². The van der Waals surface area contributed by atoms with E-state index in [0.717, 1.165) is 12.1 Å². The van der Waals surface area contributed by atoms with Crippen molar-refractivity contribution in [1.82, 2.24) is 5.32 Å². The van der Waals surface area contributed by atoms with Crippen molar-refractivity contribution in [2.24, 2.45) is 0 Å². The predicted octanol–water partition coefficient (Wildman–Crippen LogP) is 3.25. The van der Waals surface area contributed by atoms with Crippen molar-refractivity contribution < 1.29 is 8.42 Å². The molecule has 2 aromatic carbocycles. The second kappa shape index (κ2) is 6.93. The average molecular weight is 325 g/mol. The zero-order valence-corrected chi connectivity index (χ0v) is 13.2. The first kappa shape index (κ1) is 15.8. The first-order chi connectivity index (χ1) is 10.0. The van der Waals surface area contributed by atoms with Gasteiger partial charge < -0.3 is 5.32 Å². The van der Waals surface area contributed by atoms with E-state index in [2.05, 4.69) is 10.0 Å². The Morgan fingerprint density at radius 2 is 1.71 bits per heavy atom. The lowest BCUT2D eigenvalue weighted by Gasteiger charge is -2.13. The minimum absolute atomic E-state index is 0.255. The van der Waals surface area contributed by atoms with Gasteiger partial charge in [0.25, 0.3) is 10.0 Å². The van der Waals surface area contributed by atoms with Crippen LogP contribution in [0.2, 0.25) is 5.02 Å². The minimum Gasteiger partial charge on any atom is -0.313 e. The number of hydrogen-bond donors (Lipinski definition) is 2. The molecule has 0 fully saturated rings. The van der Waals surface area contributed by atoms with Gasteiger partial charge in [-0.2, -0.15) is 0 Å². The lowest BCUT2D eigenvalue weighted by Crippen LogP contribution is -2.19. The number of para-hydroxylation sites is 1. The van der Waals surface area contributed by atoms with Gasteiger partial charge in [-0.3, -0.25) is 4.72 Å². The Labute approximate surface area is 130 Å². The first-order valence-electron chi connectivity index (χ1n) is 6.60. The molecule has 0 bridgehead atoms. The number of halogens is 1. The molecule has 0 aliphatic carbocycles. The molecule has 0 unspecified atom stereocenters. The third-order valence-corrected chi connectivity index (χ3v) is 4.74. The molecule has 0 aliphatic heterocycles. The number of benzene rings is 2. The molecule has 0 aliphatic rings. The second-order valence-corrected chi connectivity index (χ2v) is 6.53. The van der Waals surface area contributed by atoms with Gasteiger partial charge in [-0.15, -0.1) is 0 Å². The van der Waals surface area contributed by atoms with Crippen molar-refractivity contribution in [2.75, 3.05) is 11.3 Å². The van der Waals surface area contributed by atoms with E-state index >= 15 is 0 Å². The standard InChI is InChI=1S/C15H17ClN2O2S/c1-2-17-11-12-7-3-6-10-15(12)21(19,20)18-14-9-5-4-8-13(14)16/h3-10,17-18H,2,11H2,1H3. The summed E-state index contributed by atoms with van der Waals surface area (Å²) in [7, 11) is -3.67. The van der Waals surface area contributed by atoms with Crippen molar-refractivity contribution in [2.45, 2.75) is 18.4 Å². The van der Waals surface area contributed by atoms with E-state index in [0.29, 0.717) is 17.3 Å². The highest BCUT2D eigenvalue weighted by atomic mass is 35.5. The molecule has 2 aromatic rings. The summed E-state index contributed by atoms with van der Waals surface area (Å²) in [4.78, 5) is 0.255. The van der Waals surface area contributed by atoms with Gasteiger partial charge in [0, 0.05) is 6.54 Å². The first-order valence-corrected chi connectivity index (χ1v) is 8.46. The lowest BCUT2D eigenvalue weighted by molar-refractivity contribution is 0.598. The zero-order valence-electron chi connectivity index (χ0n) is 11.6. The zero-order chi connectivity index (χ0) is 15.3. The van der Waals surface area contributed by atoms with Gasteiger partial charge in [0.15, 0.2) is 0 Å². The van der Waals surface area contributed by atoms with Gasteiger partial charge in [0.1, 0.15) is 0 Å². The molecule has 0 spiro atoms. The monoisotopic (exact) mass is 324 g/mol. The van der Waals surface area contributed by atoms with Crippen LogP contribution >= 0.6 is 11.6 Å². The highest BCUT2D eigenvalue weighted by Crippen LogP contribution is 2.25. The van der Waals surface area contributed by atoms with Crippen LogP contribution < -0.4 is 10.0 Å². The predicted molar refractivity (Wildman–Crippen MR) is 86.1 cm³/mol. The molecular weight excluding hydrogens is 308 g/mol. The summed E-state index contributed by atoms with van der Waals surface area (Å²) in [6, 6.07) is 13.7. The van der Waals surface area contributed by atoms with E-state index in [-0.39, 0.29) is 4.90 Å². The van der Waals surface area contributed by atoms with E-state index in [1.165, 1.54) is 0 Å². The molecule has 112 valence electrons. The molecular formula is C15H17ClN2O2S. The Morgan fingerprint density at radius 1 is 1.05 bits per heavy atom. The molecule has 0 heterocycles. The molecule has 0 saturated carbocycles. The molecule has 4 nitrogen and oxygen atoms in total. The summed E-state index contributed by atoms with van der Waals surface area (Å²) in [6.07, 6.45) is 0. The summed E-state index contributed by atoms with van der Waals surface area (Å²) in [6.45, 7) is 3.24. The van der Waals surface area contributed by atoms with Gasteiger partial charge >= 0.3 is 0 Å². The van der Waals surface area contributed by atoms with Gasteiger partial charge in [-0.25, -0.2) is 8.42 Å². The van der Waals surface area contributed by atoms with Crippen molar-refractivity contribution in [3.63, 3.8) is 0 Å². The largest absolute Gasteiger partial charge is 0.313 e. The minimum atomic E-state index is -3.67. The Hall–Kier alpha value is -1.56. The second-order valence-electron chi connectivity index (χ2n) is 4.47. The van der Waals surface area contributed by atoms with Crippen molar-refractivity contribution in [3.05, 3.63) is 59.1 Å². The number of sulfonamides is 1. The van der Waals surface area contributed by atoms with Crippen LogP contribution in [0.1, 0.15) is 12.5 Å². The quantitative estimate of drug-likeness (QED) is 0.857. The number of rotatable bonds is 6. The van der Waals surface area contributed by atoms with E-state index in [9.17, 15) is 8.42 Å². The fraction of sp³-hybridized carbons (Fsp3) is 0.200. The fourth-order valence-electron chi connectivity index (χ4n) is 1.92. The maximum atomic E-state index is 12.5. The van der Waals surface area contributed by atoms with Crippen molar-refractivity contribution in [3.8, 4) is 0 Å². The van der Waals surface area contributed by atoms with Crippen molar-refractivity contribution in [1.29, 1.82) is 0 Å². The average Bonchev–Trinajstić information content (AvgIpc) is 2.47. The highest BCUT2D eigenvalue weighted by molar-refractivity contribution is 7.92. The van der Waals surface area contributed by atoms with Crippen LogP contribution in [-0.2, 0) is 16.6 Å². The topological polar surface area (TPSA) is 58.2 Å². The van der Waals surface area contributed by atoms with E-state index in [1.54, 1.807) is 42.5 Å². The Kier molecular flexibility index (Phi) is 5.22. The van der Waals surface area contributed by atoms with Crippen molar-refractivity contribution >= 4 is 27.3 Å². The molecule has 2 N–H and O–H groups in total. The summed E-state index contributed by atoms with van der Waals surface area (Å²) < 4.78 is 27.6. The Balaban J connectivity index is 2.34. The smallest absolute Gasteiger partial charge is 0.262 e. The third-order valence-electron chi connectivity index (χ3n) is 2.95. The summed E-state index contributed by atoms with van der Waals surface area (Å²) in [5.41, 5.74) is 1.09. The van der Waals surface area contributed by atoms with Crippen LogP contribution in [0.4, 0.5) is 5.69 Å². The van der Waals surface area contributed by atoms with Crippen LogP contribution in [0.25, 0.3) is 0 Å². The van der Waals surface area contributed by atoms with E-state index < -0.39 is 10.0 Å². The molecule has 2 rings (SSSR count). The number of hydrogen-bond acceptors (Lipinski definition) is 3. The Bertz CT molecular complexity index is 717. The van der Waals surface area contributed by atoms with Crippen LogP contribution in [0.5, 0.6) is 0 Å². The van der Waals surface area contributed by atoms with Crippen LogP contribution in [-0.4, -0.2) is 15.0 Å². The molecule has 6 heteroatoms. The lowest BCUT2D eigenvalue weighted by atomic mass is 10.2. The molecule has 0 atom stereocenters. The summed E-state index contributed by atoms with van der Waals surface area (Å²) >= 11 is 6.00. The van der Waals surface area contributed by atoms with Gasteiger partial charge in [-0.1, -0.05) is 48.9 Å². The maximum absolute atomic E-state index is 12.5. The molecule has 0 aromatic heterocycles. The maximum Gasteiger partial charge on any atom is 0.262 e. The van der Waals surface area contributed by atoms with Gasteiger partial charge in [0.05, 0.1) is 15.6 Å². The molecule has 0 saturated heterocycles. The van der Waals surface area contributed by atoms with Gasteiger partial charge in [-0.05, 0) is 30.3 Å². The van der Waals surface area contributed by atoms with Crippen LogP contribution in [0.3, 0.4) is 0 Å². The van der Waals surface area contributed by atoms with E-state index in [1.807, 2.05) is 13.0 Å².